The molecule has 0 fully saturated rings. The van der Waals surface area contributed by atoms with E-state index in [0.717, 1.165) is 18.5 Å². The molecule has 0 atom stereocenters. The van der Waals surface area contributed by atoms with Gasteiger partial charge in [0, 0.05) is 19.8 Å². The van der Waals surface area contributed by atoms with Crippen molar-refractivity contribution in [3.63, 3.8) is 0 Å². The van der Waals surface area contributed by atoms with Crippen molar-refractivity contribution in [2.45, 2.75) is 6.42 Å². The summed E-state index contributed by atoms with van der Waals surface area (Å²) in [6.07, 6.45) is 3.19. The molecule has 0 aliphatic carbocycles. The van der Waals surface area contributed by atoms with E-state index >= 15 is 0 Å². The van der Waals surface area contributed by atoms with Gasteiger partial charge in [0.2, 0.25) is 5.75 Å². The number of nitrogens with zero attached hydrogens (tertiary/aromatic N) is 1. The second kappa shape index (κ2) is 5.21. The van der Waals surface area contributed by atoms with Crippen LogP contribution < -0.4 is 14.2 Å². The lowest BCUT2D eigenvalue weighted by Crippen LogP contribution is -2.04. The molecule has 0 aromatic heterocycles. The summed E-state index contributed by atoms with van der Waals surface area (Å²) in [4.78, 5) is 2.18. The average Bonchev–Trinajstić information content (AvgIpc) is 2.83. The van der Waals surface area contributed by atoms with Gasteiger partial charge in [0.1, 0.15) is 0 Å². The summed E-state index contributed by atoms with van der Waals surface area (Å²) in [7, 11) is 6.96. The van der Waals surface area contributed by atoms with E-state index in [0.29, 0.717) is 17.2 Å². The predicted molar refractivity (Wildman–Crippen MR) is 71.3 cm³/mol. The zero-order valence-electron chi connectivity index (χ0n) is 11.3. The molecule has 1 heterocycles. The van der Waals surface area contributed by atoms with Crippen LogP contribution in [0, 0.1) is 0 Å². The molecule has 0 bridgehead atoms. The monoisotopic (exact) mass is 249 g/mol. The topological polar surface area (TPSA) is 30.9 Å². The molecule has 0 spiro atoms. The Balaban J connectivity index is 2.47. The minimum atomic E-state index is 0.635. The Morgan fingerprint density at radius 1 is 1.00 bits per heavy atom. The standard InChI is InChI=1S/C14H19NO3/c1-15-6-5-10(9-15)11-7-12(16-2)14(18-4)13(8-11)17-3/h7-9H,5-6H2,1-4H3. The summed E-state index contributed by atoms with van der Waals surface area (Å²) in [5.41, 5.74) is 2.41. The number of hydrogen-bond acceptors (Lipinski definition) is 4. The quantitative estimate of drug-likeness (QED) is 0.820. The van der Waals surface area contributed by atoms with E-state index in [1.807, 2.05) is 12.1 Å². The minimum absolute atomic E-state index is 0.635. The van der Waals surface area contributed by atoms with Gasteiger partial charge in [0.25, 0.3) is 0 Å². The molecule has 4 heteroatoms. The van der Waals surface area contributed by atoms with Crippen molar-refractivity contribution in [2.75, 3.05) is 34.9 Å². The van der Waals surface area contributed by atoms with E-state index in [-0.39, 0.29) is 0 Å². The number of rotatable bonds is 4. The van der Waals surface area contributed by atoms with Gasteiger partial charge in [-0.1, -0.05) is 0 Å². The SMILES string of the molecule is COc1cc(C2=CN(C)CC2)cc(OC)c1OC. The second-order valence-corrected chi connectivity index (χ2v) is 4.30. The molecule has 0 radical (unpaired) electrons. The lowest BCUT2D eigenvalue weighted by Gasteiger charge is -2.14. The minimum Gasteiger partial charge on any atom is -0.493 e. The third kappa shape index (κ3) is 2.23. The molecule has 1 aromatic rings. The summed E-state index contributed by atoms with van der Waals surface area (Å²) >= 11 is 0. The van der Waals surface area contributed by atoms with Gasteiger partial charge < -0.3 is 19.1 Å². The van der Waals surface area contributed by atoms with Crippen LogP contribution in [0.3, 0.4) is 0 Å². The fraction of sp³-hybridized carbons (Fsp3) is 0.429. The lowest BCUT2D eigenvalue weighted by atomic mass is 10.0. The largest absolute Gasteiger partial charge is 0.493 e. The van der Waals surface area contributed by atoms with Gasteiger partial charge in [-0.15, -0.1) is 0 Å². The van der Waals surface area contributed by atoms with Crippen molar-refractivity contribution in [1.29, 1.82) is 0 Å². The maximum atomic E-state index is 5.36. The summed E-state index contributed by atoms with van der Waals surface area (Å²) in [6.45, 7) is 1.05. The Labute approximate surface area is 108 Å². The fourth-order valence-corrected chi connectivity index (χ4v) is 2.18. The normalized spacial score (nSPS) is 14.4. The van der Waals surface area contributed by atoms with Crippen LogP contribution in [0.15, 0.2) is 18.3 Å². The van der Waals surface area contributed by atoms with Crippen molar-refractivity contribution in [2.24, 2.45) is 0 Å². The van der Waals surface area contributed by atoms with Gasteiger partial charge in [-0.25, -0.2) is 0 Å². The van der Waals surface area contributed by atoms with Crippen LogP contribution in [0.4, 0.5) is 0 Å². The highest BCUT2D eigenvalue weighted by atomic mass is 16.5. The third-order valence-corrected chi connectivity index (χ3v) is 3.15. The molecule has 0 amide bonds. The van der Waals surface area contributed by atoms with Gasteiger partial charge >= 0.3 is 0 Å². The highest BCUT2D eigenvalue weighted by Crippen LogP contribution is 2.41. The van der Waals surface area contributed by atoms with E-state index in [1.54, 1.807) is 21.3 Å². The first-order chi connectivity index (χ1) is 8.69. The van der Waals surface area contributed by atoms with Crippen LogP contribution >= 0.6 is 0 Å². The van der Waals surface area contributed by atoms with Crippen molar-refractivity contribution >= 4 is 5.57 Å². The Bertz CT molecular complexity index is 443. The number of benzene rings is 1. The maximum Gasteiger partial charge on any atom is 0.203 e. The molecule has 0 unspecified atom stereocenters. The maximum absolute atomic E-state index is 5.36. The van der Waals surface area contributed by atoms with Crippen LogP contribution in [-0.2, 0) is 0 Å². The Morgan fingerprint density at radius 2 is 1.61 bits per heavy atom. The van der Waals surface area contributed by atoms with Crippen molar-refractivity contribution in [3.05, 3.63) is 23.9 Å². The number of hydrogen-bond donors (Lipinski definition) is 0. The van der Waals surface area contributed by atoms with Gasteiger partial charge in [0.15, 0.2) is 11.5 Å². The molecular formula is C14H19NO3. The van der Waals surface area contributed by atoms with Crippen LogP contribution in [0.5, 0.6) is 17.2 Å². The zero-order chi connectivity index (χ0) is 13.1. The average molecular weight is 249 g/mol. The molecule has 0 saturated heterocycles. The summed E-state index contributed by atoms with van der Waals surface area (Å²) in [5, 5.41) is 0. The highest BCUT2D eigenvalue weighted by molar-refractivity contribution is 5.72. The predicted octanol–water partition coefficient (Wildman–Crippen LogP) is 2.39. The summed E-state index contributed by atoms with van der Waals surface area (Å²) < 4.78 is 16.0. The Hall–Kier alpha value is -1.84. The zero-order valence-corrected chi connectivity index (χ0v) is 11.3. The van der Waals surface area contributed by atoms with Gasteiger partial charge in [-0.3, -0.25) is 0 Å². The van der Waals surface area contributed by atoms with E-state index in [2.05, 4.69) is 18.1 Å². The lowest BCUT2D eigenvalue weighted by molar-refractivity contribution is 0.324. The molecule has 18 heavy (non-hydrogen) atoms. The van der Waals surface area contributed by atoms with Gasteiger partial charge in [-0.2, -0.15) is 0 Å². The molecule has 98 valence electrons. The van der Waals surface area contributed by atoms with E-state index in [9.17, 15) is 0 Å². The molecule has 4 nitrogen and oxygen atoms in total. The van der Waals surface area contributed by atoms with Crippen LogP contribution in [0.2, 0.25) is 0 Å². The van der Waals surface area contributed by atoms with E-state index in [4.69, 9.17) is 14.2 Å². The van der Waals surface area contributed by atoms with Crippen molar-refractivity contribution in [1.82, 2.24) is 4.90 Å². The summed E-state index contributed by atoms with van der Waals surface area (Å²) in [5.74, 6) is 2.03. The molecule has 1 aliphatic heterocycles. The Morgan fingerprint density at radius 3 is 2.00 bits per heavy atom. The molecule has 1 aromatic carbocycles. The molecule has 2 rings (SSSR count). The molecular weight excluding hydrogens is 230 g/mol. The first-order valence-corrected chi connectivity index (χ1v) is 5.91. The fourth-order valence-electron chi connectivity index (χ4n) is 2.18. The molecule has 0 N–H and O–H groups in total. The first-order valence-electron chi connectivity index (χ1n) is 5.91. The molecule has 1 aliphatic rings. The first kappa shape index (κ1) is 12.6. The van der Waals surface area contributed by atoms with Crippen molar-refractivity contribution < 1.29 is 14.2 Å². The van der Waals surface area contributed by atoms with Crippen molar-refractivity contribution in [3.8, 4) is 17.2 Å². The van der Waals surface area contributed by atoms with Crippen LogP contribution in [0.25, 0.3) is 5.57 Å². The number of ether oxygens (including phenoxy) is 3. The van der Waals surface area contributed by atoms with E-state index < -0.39 is 0 Å². The van der Waals surface area contributed by atoms with Crippen LogP contribution in [0.1, 0.15) is 12.0 Å². The third-order valence-electron chi connectivity index (χ3n) is 3.15. The highest BCUT2D eigenvalue weighted by Gasteiger charge is 2.17. The number of methoxy groups -OCH3 is 3. The second-order valence-electron chi connectivity index (χ2n) is 4.30. The van der Waals surface area contributed by atoms with Crippen LogP contribution in [-0.4, -0.2) is 39.8 Å². The molecule has 0 saturated carbocycles. The smallest absolute Gasteiger partial charge is 0.203 e. The van der Waals surface area contributed by atoms with E-state index in [1.165, 1.54) is 5.57 Å². The Kier molecular flexibility index (Phi) is 3.65. The van der Waals surface area contributed by atoms with Gasteiger partial charge in [0.05, 0.1) is 21.3 Å². The summed E-state index contributed by atoms with van der Waals surface area (Å²) in [6, 6.07) is 3.98. The van der Waals surface area contributed by atoms with Gasteiger partial charge in [-0.05, 0) is 29.7 Å².